The van der Waals surface area contributed by atoms with Gasteiger partial charge in [-0.25, -0.2) is 18.7 Å². The fourth-order valence-corrected chi connectivity index (χ4v) is 9.27. The molecule has 0 radical (unpaired) electrons. The molecule has 2 heterocycles. The number of carbonyl (C=O) groups excluding carboxylic acids is 4. The maximum absolute atomic E-state index is 14.6. The van der Waals surface area contributed by atoms with E-state index in [4.69, 9.17) is 18.4 Å². The number of alkyl carbamates (subject to hydrolysis) is 1. The minimum atomic E-state index is -4.45. The van der Waals surface area contributed by atoms with E-state index < -0.39 is 68.9 Å². The van der Waals surface area contributed by atoms with Crippen molar-refractivity contribution in [2.45, 2.75) is 121 Å². The lowest BCUT2D eigenvalue weighted by Gasteiger charge is -2.35. The van der Waals surface area contributed by atoms with Crippen LogP contribution in [0.1, 0.15) is 86.0 Å². The summed E-state index contributed by atoms with van der Waals surface area (Å²) in [6, 6.07) is 5.05. The number of nitrogens with one attached hydrogen (secondary N) is 3. The molecular weight excluding hydrogens is 719 g/mol. The molecule has 294 valence electrons. The number of nitrogens with zero attached hydrogens (tertiary/aromatic N) is 2. The number of aromatic nitrogens is 1. The van der Waals surface area contributed by atoms with Crippen LogP contribution in [-0.2, 0) is 33.6 Å². The first-order valence-corrected chi connectivity index (χ1v) is 20.3. The highest BCUT2D eigenvalue weighted by molar-refractivity contribution is 7.85. The van der Waals surface area contributed by atoms with Gasteiger partial charge in [0.25, 0.3) is 5.91 Å². The van der Waals surface area contributed by atoms with Crippen LogP contribution < -0.4 is 24.8 Å². The van der Waals surface area contributed by atoms with E-state index in [1.807, 2.05) is 50.6 Å². The minimum absolute atomic E-state index is 0.0301. The maximum Gasteiger partial charge on any atom is 0.408 e. The van der Waals surface area contributed by atoms with Gasteiger partial charge < -0.3 is 29.7 Å². The van der Waals surface area contributed by atoms with Gasteiger partial charge in [-0.1, -0.05) is 34.1 Å². The highest BCUT2D eigenvalue weighted by atomic mass is 32.2. The van der Waals surface area contributed by atoms with Gasteiger partial charge in [-0.15, -0.1) is 0 Å². The second-order valence-corrected chi connectivity index (χ2v) is 18.4. The molecule has 7 rings (SSSR count). The lowest BCUT2D eigenvalue weighted by molar-refractivity contribution is -0.143. The number of likely N-dealkylation sites (tertiary alicyclic amines) is 1. The van der Waals surface area contributed by atoms with E-state index in [-0.39, 0.29) is 31.4 Å². The Morgan fingerprint density at radius 1 is 1.04 bits per heavy atom. The number of benzene rings is 1. The Balaban J connectivity index is 1.13. The normalized spacial score (nSPS) is 29.8. The molecule has 4 aliphatic carbocycles. The van der Waals surface area contributed by atoms with Crippen LogP contribution in [0.15, 0.2) is 30.5 Å². The van der Waals surface area contributed by atoms with Crippen molar-refractivity contribution in [1.29, 1.82) is 0 Å². The smallest absolute Gasteiger partial charge is 0.408 e. The highest BCUT2D eigenvalue weighted by Crippen LogP contribution is 2.52. The zero-order chi connectivity index (χ0) is 38.8. The number of hydrogen-bond acceptors (Lipinski definition) is 11. The summed E-state index contributed by atoms with van der Waals surface area (Å²) < 4.78 is 50.3. The van der Waals surface area contributed by atoms with E-state index in [0.29, 0.717) is 48.1 Å². The van der Waals surface area contributed by atoms with Crippen LogP contribution >= 0.6 is 0 Å². The first-order chi connectivity index (χ1) is 25.4. The zero-order valence-electron chi connectivity index (χ0n) is 31.7. The van der Waals surface area contributed by atoms with E-state index in [1.54, 1.807) is 26.3 Å². The molecule has 1 aliphatic heterocycles. The monoisotopic (exact) mass is 769 g/mol. The molecule has 0 bridgehead atoms. The number of methoxy groups -OCH3 is 1. The van der Waals surface area contributed by atoms with Gasteiger partial charge in [0, 0.05) is 18.0 Å². The van der Waals surface area contributed by atoms with Gasteiger partial charge in [-0.2, -0.15) is 8.42 Å². The summed E-state index contributed by atoms with van der Waals surface area (Å²) in [4.78, 5) is 61.6. The van der Waals surface area contributed by atoms with Crippen molar-refractivity contribution < 1.29 is 46.0 Å². The van der Waals surface area contributed by atoms with Crippen molar-refractivity contribution in [3.05, 3.63) is 30.5 Å². The molecule has 1 unspecified atom stereocenters. The lowest BCUT2D eigenvalue weighted by atomic mass is 9.85. The number of pyridine rings is 1. The molecule has 5 fully saturated rings. The summed E-state index contributed by atoms with van der Waals surface area (Å²) in [5.74, 6) is -0.260. The molecule has 16 heteroatoms. The fourth-order valence-electron chi connectivity index (χ4n) is 8.12. The van der Waals surface area contributed by atoms with Crippen LogP contribution in [0.3, 0.4) is 0 Å². The van der Waals surface area contributed by atoms with Gasteiger partial charge in [-0.3, -0.25) is 14.4 Å². The molecule has 8 atom stereocenters. The van der Waals surface area contributed by atoms with Crippen molar-refractivity contribution in [2.24, 2.45) is 23.2 Å². The molecule has 0 spiro atoms. The molecule has 1 aromatic heterocycles. The largest absolute Gasteiger partial charge is 0.497 e. The van der Waals surface area contributed by atoms with Gasteiger partial charge in [0.2, 0.25) is 17.7 Å². The molecule has 54 heavy (non-hydrogen) atoms. The first kappa shape index (κ1) is 38.1. The van der Waals surface area contributed by atoms with Crippen LogP contribution in [-0.4, -0.2) is 91.2 Å². The predicted molar refractivity (Wildman–Crippen MR) is 195 cm³/mol. The predicted octanol–water partition coefficient (Wildman–Crippen LogP) is 3.75. The van der Waals surface area contributed by atoms with Crippen LogP contribution in [0.5, 0.6) is 11.6 Å². The molecule has 1 aromatic carbocycles. The summed E-state index contributed by atoms with van der Waals surface area (Å²) in [7, 11) is -2.87. The SMILES string of the molecule is CC[C@@H]1C[C@]1(NC(=O)[C@@H]1C[C@@H](Oc2nccc3cc(OC)ccc23)CN1C(=O)[C@@H](NC(=O)OC1C[C@@H]2C[C@@H]2C1)C(C)(C)C)C(=O)NS(=O)(=O)OC1(C)CC1. The molecule has 4 saturated carbocycles. The van der Waals surface area contributed by atoms with Gasteiger partial charge in [0.15, 0.2) is 0 Å². The standard InChI is InChI=1S/C38H51N5O10S/c1-7-24-19-38(24,34(46)42-54(48,49)53-37(5)11-12-37)41-31(44)29-18-27(51-32-28-9-8-25(50-6)15-21(28)10-13-39-32)20-43(29)33(45)30(36(2,3)4)40-35(47)52-26-16-22-14-23(22)17-26/h8-10,13,15,22-24,26-27,29-30H,7,11-12,14,16-20H2,1-6H3,(H,40,47)(H,41,44)(H,42,46)/t22-,23+,24-,26?,27-,29+,30-,38-/m1/s1. The summed E-state index contributed by atoms with van der Waals surface area (Å²) in [6.45, 7) is 8.90. The Kier molecular flexibility index (Phi) is 9.77. The maximum atomic E-state index is 14.6. The van der Waals surface area contributed by atoms with Gasteiger partial charge >= 0.3 is 16.4 Å². The van der Waals surface area contributed by atoms with Crippen molar-refractivity contribution in [3.63, 3.8) is 0 Å². The van der Waals surface area contributed by atoms with Crippen LogP contribution in [0.4, 0.5) is 4.79 Å². The van der Waals surface area contributed by atoms with Gasteiger partial charge in [0.1, 0.15) is 35.6 Å². The van der Waals surface area contributed by atoms with Crippen molar-refractivity contribution in [3.8, 4) is 11.6 Å². The van der Waals surface area contributed by atoms with Crippen molar-refractivity contribution in [1.82, 2.24) is 25.2 Å². The Labute approximate surface area is 315 Å². The van der Waals surface area contributed by atoms with Crippen LogP contribution in [0.25, 0.3) is 10.8 Å². The number of ether oxygens (including phenoxy) is 3. The third-order valence-electron chi connectivity index (χ3n) is 11.7. The number of amides is 4. The first-order valence-electron chi connectivity index (χ1n) is 18.9. The van der Waals surface area contributed by atoms with Gasteiger partial charge in [-0.05, 0) is 98.3 Å². The third kappa shape index (κ3) is 7.95. The summed E-state index contributed by atoms with van der Waals surface area (Å²) >= 11 is 0. The van der Waals surface area contributed by atoms with Crippen molar-refractivity contribution in [2.75, 3.05) is 13.7 Å². The Bertz CT molecular complexity index is 1940. The summed E-state index contributed by atoms with van der Waals surface area (Å²) in [5.41, 5.74) is -3.17. The third-order valence-corrected chi connectivity index (χ3v) is 12.8. The summed E-state index contributed by atoms with van der Waals surface area (Å²) in [6.07, 6.45) is 4.61. The minimum Gasteiger partial charge on any atom is -0.497 e. The van der Waals surface area contributed by atoms with Gasteiger partial charge in [0.05, 0.1) is 19.3 Å². The number of rotatable bonds is 13. The number of fused-ring (bicyclic) bond motifs is 2. The van der Waals surface area contributed by atoms with Crippen LogP contribution in [0.2, 0.25) is 0 Å². The number of carbonyl (C=O) groups is 4. The Morgan fingerprint density at radius 2 is 1.76 bits per heavy atom. The summed E-state index contributed by atoms with van der Waals surface area (Å²) in [5, 5.41) is 7.15. The molecule has 3 N–H and O–H groups in total. The van der Waals surface area contributed by atoms with E-state index in [1.165, 1.54) is 11.3 Å². The van der Waals surface area contributed by atoms with E-state index in [2.05, 4.69) is 15.6 Å². The number of hydrogen-bond donors (Lipinski definition) is 3. The fraction of sp³-hybridized carbons (Fsp3) is 0.658. The zero-order valence-corrected chi connectivity index (χ0v) is 32.5. The molecule has 4 amide bonds. The second kappa shape index (κ2) is 13.8. The molecule has 1 saturated heterocycles. The van der Waals surface area contributed by atoms with E-state index in [0.717, 1.165) is 18.2 Å². The molecular formula is C38H51N5O10S. The molecule has 15 nitrogen and oxygen atoms in total. The quantitative estimate of drug-likeness (QED) is 0.269. The molecule has 2 aromatic rings. The lowest BCUT2D eigenvalue weighted by Crippen LogP contribution is -2.60. The molecule has 5 aliphatic rings. The van der Waals surface area contributed by atoms with Crippen molar-refractivity contribution >= 4 is 44.9 Å². The second-order valence-electron chi connectivity index (χ2n) is 17.1. The van der Waals surface area contributed by atoms with Crippen LogP contribution in [0, 0.1) is 23.2 Å². The average Bonchev–Trinajstić information content (AvgIpc) is 4.05. The van der Waals surface area contributed by atoms with E-state index in [9.17, 15) is 27.6 Å². The Morgan fingerprint density at radius 3 is 2.39 bits per heavy atom. The van der Waals surface area contributed by atoms with E-state index >= 15 is 0 Å². The highest BCUT2D eigenvalue weighted by Gasteiger charge is 2.62. The Hall–Kier alpha value is -4.18. The average molecular weight is 770 g/mol. The topological polar surface area (TPSA) is 192 Å².